The van der Waals surface area contributed by atoms with Crippen molar-refractivity contribution in [1.29, 1.82) is 0 Å². The molecule has 0 fully saturated rings. The van der Waals surface area contributed by atoms with Gasteiger partial charge < -0.3 is 0 Å². The van der Waals surface area contributed by atoms with E-state index in [1.165, 1.54) is 0 Å². The highest BCUT2D eigenvalue weighted by Crippen LogP contribution is 2.20. The summed E-state index contributed by atoms with van der Waals surface area (Å²) >= 11 is 1.11. The summed E-state index contributed by atoms with van der Waals surface area (Å²) in [4.78, 5) is 10.0. The highest BCUT2D eigenvalue weighted by molar-refractivity contribution is 8.09. The summed E-state index contributed by atoms with van der Waals surface area (Å²) in [5, 5.41) is 0. The topological polar surface area (TPSA) is 20.3 Å². The predicted octanol–water partition coefficient (Wildman–Crippen LogP) is 1.82. The molecule has 0 amide bonds. The van der Waals surface area contributed by atoms with E-state index in [2.05, 4.69) is 20.8 Å². The van der Waals surface area contributed by atoms with Crippen LogP contribution in [-0.2, 0) is 4.79 Å². The largest absolute Gasteiger partial charge is 0.282 e. The van der Waals surface area contributed by atoms with E-state index in [-0.39, 0.29) is 5.54 Å². The number of rotatable bonds is 3. The average molecular weight is 160 g/mol. The summed E-state index contributed by atoms with van der Waals surface area (Å²) in [5.41, 5.74) is 1.87. The Balaban J connectivity index is 3.92. The van der Waals surface area contributed by atoms with E-state index in [0.29, 0.717) is 0 Å². The van der Waals surface area contributed by atoms with Gasteiger partial charge in [0, 0.05) is 24.0 Å². The van der Waals surface area contributed by atoms with Gasteiger partial charge in [0.15, 0.2) is 0 Å². The van der Waals surface area contributed by atoms with E-state index >= 15 is 0 Å². The Morgan fingerprint density at radius 1 is 1.50 bits per heavy atom. The van der Waals surface area contributed by atoms with Gasteiger partial charge in [0.25, 0.3) is 5.62 Å². The van der Waals surface area contributed by atoms with Crippen LogP contribution in [0.2, 0.25) is 0 Å². The van der Waals surface area contributed by atoms with Crippen LogP contribution in [0.25, 0.3) is 0 Å². The Hall–Kier alpha value is -0.0200. The molecule has 0 aliphatic heterocycles. The first-order valence-corrected chi connectivity index (χ1v) is 4.11. The average Bonchev–Trinajstić information content (AvgIpc) is 1.80. The van der Waals surface area contributed by atoms with Gasteiger partial charge >= 0.3 is 0 Å². The van der Waals surface area contributed by atoms with Crippen LogP contribution in [0.3, 0.4) is 0 Å². The lowest BCUT2D eigenvalue weighted by molar-refractivity contribution is 0.287. The molecule has 10 heavy (non-hydrogen) atoms. The molecule has 0 aromatic carbocycles. The number of hydrogen-bond donors (Lipinski definition) is 0. The van der Waals surface area contributed by atoms with Crippen LogP contribution in [0.4, 0.5) is 0 Å². The molecule has 0 N–H and O–H groups in total. The van der Waals surface area contributed by atoms with Gasteiger partial charge in [-0.2, -0.15) is 0 Å². The Labute approximate surface area is 67.1 Å². The highest BCUT2D eigenvalue weighted by atomic mass is 32.2. The van der Waals surface area contributed by atoms with Crippen LogP contribution in [-0.4, -0.2) is 22.0 Å². The van der Waals surface area contributed by atoms with Crippen molar-refractivity contribution in [1.82, 2.24) is 4.31 Å². The Morgan fingerprint density at radius 2 is 2.00 bits per heavy atom. The van der Waals surface area contributed by atoms with E-state index in [4.69, 9.17) is 0 Å². The van der Waals surface area contributed by atoms with Crippen LogP contribution in [0.1, 0.15) is 27.7 Å². The molecule has 0 aromatic rings. The molecule has 0 saturated carbocycles. The van der Waals surface area contributed by atoms with E-state index in [0.717, 1.165) is 18.5 Å². The Kier molecular flexibility index (Phi) is 3.98. The second-order valence-electron chi connectivity index (χ2n) is 3.04. The van der Waals surface area contributed by atoms with Gasteiger partial charge in [-0.05, 0) is 20.8 Å². The van der Waals surface area contributed by atoms with Crippen molar-refractivity contribution in [2.45, 2.75) is 33.2 Å². The molecule has 0 aliphatic carbocycles. The van der Waals surface area contributed by atoms with Crippen molar-refractivity contribution in [2.75, 3.05) is 6.54 Å². The van der Waals surface area contributed by atoms with Crippen LogP contribution >= 0.6 is 11.9 Å². The molecular formula is C7H14NOS. The lowest BCUT2D eigenvalue weighted by Gasteiger charge is -2.30. The first-order valence-electron chi connectivity index (χ1n) is 3.34. The van der Waals surface area contributed by atoms with Crippen molar-refractivity contribution >= 4 is 17.6 Å². The van der Waals surface area contributed by atoms with Gasteiger partial charge in [0.1, 0.15) is 0 Å². The maximum absolute atomic E-state index is 10.0. The maximum atomic E-state index is 10.0. The molecule has 0 aromatic heterocycles. The monoisotopic (exact) mass is 160 g/mol. The zero-order valence-corrected chi connectivity index (χ0v) is 7.79. The Morgan fingerprint density at radius 3 is 2.10 bits per heavy atom. The molecule has 0 bridgehead atoms. The second-order valence-corrected chi connectivity index (χ2v) is 3.83. The van der Waals surface area contributed by atoms with E-state index in [9.17, 15) is 4.79 Å². The SMILES string of the molecule is CCN(S[C]=O)C(C)(C)C. The van der Waals surface area contributed by atoms with Crippen molar-refractivity contribution in [3.05, 3.63) is 0 Å². The zero-order chi connectivity index (χ0) is 8.20. The van der Waals surface area contributed by atoms with Gasteiger partial charge in [0.05, 0.1) is 0 Å². The second kappa shape index (κ2) is 3.98. The molecule has 0 atom stereocenters. The van der Waals surface area contributed by atoms with Gasteiger partial charge in [-0.25, -0.2) is 4.31 Å². The van der Waals surface area contributed by atoms with Gasteiger partial charge in [-0.1, -0.05) is 6.92 Å². The summed E-state index contributed by atoms with van der Waals surface area (Å²) < 4.78 is 1.99. The lowest BCUT2D eigenvalue weighted by atomic mass is 10.1. The van der Waals surface area contributed by atoms with Crippen LogP contribution in [0, 0.1) is 0 Å². The van der Waals surface area contributed by atoms with Gasteiger partial charge in [-0.15, -0.1) is 0 Å². The molecule has 59 valence electrons. The normalized spacial score (nSPS) is 12.1. The minimum absolute atomic E-state index is 0.0524. The summed E-state index contributed by atoms with van der Waals surface area (Å²) in [6.45, 7) is 9.10. The lowest BCUT2D eigenvalue weighted by Crippen LogP contribution is -2.35. The van der Waals surface area contributed by atoms with Crippen molar-refractivity contribution < 1.29 is 4.79 Å². The molecule has 3 heteroatoms. The summed E-state index contributed by atoms with van der Waals surface area (Å²) in [6, 6.07) is 0. The quantitative estimate of drug-likeness (QED) is 0.587. The third kappa shape index (κ3) is 3.22. The third-order valence-electron chi connectivity index (χ3n) is 1.18. The minimum Gasteiger partial charge on any atom is -0.276 e. The van der Waals surface area contributed by atoms with E-state index in [1.54, 1.807) is 0 Å². The molecule has 1 radical (unpaired) electrons. The summed E-state index contributed by atoms with van der Waals surface area (Å²) in [6.07, 6.45) is 0. The fourth-order valence-corrected chi connectivity index (χ4v) is 1.21. The van der Waals surface area contributed by atoms with Gasteiger partial charge in [0.2, 0.25) is 0 Å². The fraction of sp³-hybridized carbons (Fsp3) is 0.857. The van der Waals surface area contributed by atoms with E-state index < -0.39 is 0 Å². The summed E-state index contributed by atoms with van der Waals surface area (Å²) in [7, 11) is 0. The number of carbonyl (C=O) groups excluding carboxylic acids is 1. The number of nitrogens with zero attached hydrogens (tertiary/aromatic N) is 1. The molecule has 0 unspecified atom stereocenters. The molecular weight excluding hydrogens is 146 g/mol. The van der Waals surface area contributed by atoms with Crippen LogP contribution in [0.15, 0.2) is 0 Å². The summed E-state index contributed by atoms with van der Waals surface area (Å²) in [5.74, 6) is 0. The molecule has 0 spiro atoms. The standard InChI is InChI=1S/C7H14NOS/c1-5-8(10-6-9)7(2,3)4/h5H2,1-4H3. The molecule has 2 nitrogen and oxygen atoms in total. The predicted molar refractivity (Wildman–Crippen MR) is 45.4 cm³/mol. The first-order chi connectivity index (χ1) is 4.52. The third-order valence-corrected chi connectivity index (χ3v) is 2.28. The Bertz CT molecular complexity index is 109. The first kappa shape index (κ1) is 9.98. The van der Waals surface area contributed by atoms with Crippen molar-refractivity contribution in [2.24, 2.45) is 0 Å². The molecule has 0 saturated heterocycles. The van der Waals surface area contributed by atoms with Gasteiger partial charge in [-0.3, -0.25) is 4.79 Å². The van der Waals surface area contributed by atoms with Crippen molar-refractivity contribution in [3.63, 3.8) is 0 Å². The van der Waals surface area contributed by atoms with Crippen molar-refractivity contribution in [3.8, 4) is 0 Å². The van der Waals surface area contributed by atoms with E-state index in [1.807, 2.05) is 16.8 Å². The number of hydrogen-bond acceptors (Lipinski definition) is 3. The fourth-order valence-electron chi connectivity index (χ4n) is 0.721. The molecule has 0 aliphatic rings. The maximum Gasteiger partial charge on any atom is 0.282 e. The highest BCUT2D eigenvalue weighted by Gasteiger charge is 2.19. The van der Waals surface area contributed by atoms with Crippen LogP contribution < -0.4 is 0 Å². The van der Waals surface area contributed by atoms with Crippen LogP contribution in [0.5, 0.6) is 0 Å². The molecule has 0 rings (SSSR count). The minimum atomic E-state index is 0.0524. The molecule has 0 heterocycles. The smallest absolute Gasteiger partial charge is 0.276 e. The zero-order valence-electron chi connectivity index (χ0n) is 6.97.